The molecule has 15 heteroatoms. The van der Waals surface area contributed by atoms with E-state index in [0.717, 1.165) is 73.7 Å². The van der Waals surface area contributed by atoms with Crippen LogP contribution in [0.15, 0.2) is 97.1 Å². The smallest absolute Gasteiger partial charge is 0.416 e. The van der Waals surface area contributed by atoms with E-state index < -0.39 is 28.9 Å². The van der Waals surface area contributed by atoms with Gasteiger partial charge < -0.3 is 23.8 Å². The van der Waals surface area contributed by atoms with Gasteiger partial charge in [0, 0.05) is 41.6 Å². The number of alkyl halides is 6. The third-order valence-electron chi connectivity index (χ3n) is 12.2. The van der Waals surface area contributed by atoms with Crippen LogP contribution in [0.5, 0.6) is 11.5 Å². The van der Waals surface area contributed by atoms with Crippen molar-refractivity contribution >= 4 is 29.1 Å². The number of ether oxygens (including phenoxy) is 4. The van der Waals surface area contributed by atoms with Crippen LogP contribution in [0.3, 0.4) is 0 Å². The standard InChI is InChI=1S/C23H23ClF3NO3.C23H25ClF3NO2/c24-18-6-2-16(3-7-18)22(10-1-11-22)21(29)28-12-13-30-20(14-28)15-31-19-8-4-17(5-9-19)23(25,26)27;24-19-6-2-17(3-7-19)22(10-1-11-22)16-28-12-13-29-21(14-28)15-30-20-8-4-18(5-9-20)23(25,26)27/h2-9,20H,1,10-15H2;2-9,21H,1,10-16H2. The van der Waals surface area contributed by atoms with Crippen LogP contribution in [-0.2, 0) is 37.5 Å². The van der Waals surface area contributed by atoms with Crippen LogP contribution in [0.2, 0.25) is 10.0 Å². The molecule has 0 N–H and O–H groups in total. The van der Waals surface area contributed by atoms with E-state index in [1.54, 1.807) is 0 Å². The van der Waals surface area contributed by atoms with Crippen molar-refractivity contribution in [3.8, 4) is 11.5 Å². The molecule has 2 heterocycles. The minimum Gasteiger partial charge on any atom is -0.491 e. The molecule has 4 fully saturated rings. The highest BCUT2D eigenvalue weighted by atomic mass is 35.5. The van der Waals surface area contributed by atoms with Crippen LogP contribution in [0.25, 0.3) is 0 Å². The third-order valence-corrected chi connectivity index (χ3v) is 12.7. The summed E-state index contributed by atoms with van der Waals surface area (Å²) in [5.41, 5.74) is 0.572. The molecule has 2 saturated heterocycles. The van der Waals surface area contributed by atoms with E-state index in [2.05, 4.69) is 17.0 Å². The molecule has 2 unspecified atom stereocenters. The van der Waals surface area contributed by atoms with Gasteiger partial charge in [0.15, 0.2) is 0 Å². The second-order valence-electron chi connectivity index (χ2n) is 16.2. The van der Waals surface area contributed by atoms with Crippen LogP contribution in [-0.4, -0.2) is 87.1 Å². The summed E-state index contributed by atoms with van der Waals surface area (Å²) in [6.45, 7) is 4.96. The highest BCUT2D eigenvalue weighted by molar-refractivity contribution is 6.30. The predicted octanol–water partition coefficient (Wildman–Crippen LogP) is 10.6. The van der Waals surface area contributed by atoms with Gasteiger partial charge in [0.05, 0.1) is 36.3 Å². The number of hydrogen-bond donors (Lipinski definition) is 0. The molecule has 0 spiro atoms. The Morgan fingerprint density at radius 3 is 1.52 bits per heavy atom. The molecule has 4 aromatic carbocycles. The summed E-state index contributed by atoms with van der Waals surface area (Å²) >= 11 is 12.1. The van der Waals surface area contributed by atoms with Gasteiger partial charge in [0.2, 0.25) is 5.91 Å². The second-order valence-corrected chi connectivity index (χ2v) is 17.1. The monoisotopic (exact) mass is 892 g/mol. The molecule has 4 aromatic rings. The maximum atomic E-state index is 13.4. The Kier molecular flexibility index (Phi) is 14.1. The number of rotatable bonds is 11. The highest BCUT2D eigenvalue weighted by Crippen LogP contribution is 2.46. The summed E-state index contributed by atoms with van der Waals surface area (Å²) in [6.07, 6.45) is -3.01. The maximum absolute atomic E-state index is 13.4. The molecule has 2 atom stereocenters. The first-order valence-corrected chi connectivity index (χ1v) is 21.2. The topological polar surface area (TPSA) is 60.5 Å². The molecule has 4 aliphatic rings. The summed E-state index contributed by atoms with van der Waals surface area (Å²) in [4.78, 5) is 17.7. The minimum absolute atomic E-state index is 0.0869. The van der Waals surface area contributed by atoms with Gasteiger partial charge in [-0.3, -0.25) is 9.69 Å². The summed E-state index contributed by atoms with van der Waals surface area (Å²) in [5.74, 6) is 0.834. The number of morpholine rings is 2. The molecular weight excluding hydrogens is 845 g/mol. The summed E-state index contributed by atoms with van der Waals surface area (Å²) < 4.78 is 99.0. The molecular formula is C46H48Cl2F6N2O5. The fourth-order valence-corrected chi connectivity index (χ4v) is 8.74. The second kappa shape index (κ2) is 19.2. The molecule has 61 heavy (non-hydrogen) atoms. The Balaban J connectivity index is 0.000000184. The lowest BCUT2D eigenvalue weighted by Gasteiger charge is -2.47. The number of halogens is 8. The summed E-state index contributed by atoms with van der Waals surface area (Å²) in [7, 11) is 0. The zero-order chi connectivity index (χ0) is 43.3. The van der Waals surface area contributed by atoms with Gasteiger partial charge >= 0.3 is 12.4 Å². The average Bonchev–Trinajstić information content (AvgIpc) is 3.21. The Hall–Kier alpha value is -4.01. The highest BCUT2D eigenvalue weighted by Gasteiger charge is 2.48. The lowest BCUT2D eigenvalue weighted by Crippen LogP contribution is -2.56. The number of benzene rings is 4. The summed E-state index contributed by atoms with van der Waals surface area (Å²) in [5, 5.41) is 1.39. The molecule has 2 saturated carbocycles. The van der Waals surface area contributed by atoms with Crippen LogP contribution in [0.1, 0.15) is 60.8 Å². The zero-order valence-corrected chi connectivity index (χ0v) is 35.0. The molecule has 2 aliphatic carbocycles. The SMILES string of the molecule is FC(F)(F)c1ccc(OCC2CN(CC3(c4ccc(Cl)cc4)CCC3)CCO2)cc1.O=C(N1CCOC(COc2ccc(C(F)(F)F)cc2)C1)C1(c2ccc(Cl)cc2)CCC1. The Morgan fingerprint density at radius 2 is 1.08 bits per heavy atom. The largest absolute Gasteiger partial charge is 0.491 e. The third kappa shape index (κ3) is 11.1. The van der Waals surface area contributed by atoms with Crippen molar-refractivity contribution < 1.29 is 50.1 Å². The van der Waals surface area contributed by atoms with Crippen molar-refractivity contribution in [2.24, 2.45) is 0 Å². The fourth-order valence-electron chi connectivity index (χ4n) is 8.49. The number of nitrogens with zero attached hydrogens (tertiary/aromatic N) is 2. The van der Waals surface area contributed by atoms with Crippen LogP contribution < -0.4 is 9.47 Å². The van der Waals surface area contributed by atoms with Gasteiger partial charge in [0.1, 0.15) is 36.9 Å². The van der Waals surface area contributed by atoms with E-state index in [4.69, 9.17) is 42.1 Å². The molecule has 2 aliphatic heterocycles. The van der Waals surface area contributed by atoms with Crippen molar-refractivity contribution in [2.75, 3.05) is 59.2 Å². The molecule has 0 aromatic heterocycles. The first kappa shape index (κ1) is 45.0. The minimum atomic E-state index is -4.38. The van der Waals surface area contributed by atoms with E-state index in [-0.39, 0.29) is 30.1 Å². The quantitative estimate of drug-likeness (QED) is 0.140. The fraction of sp³-hybridized carbons (Fsp3) is 0.457. The lowest BCUT2D eigenvalue weighted by molar-refractivity contribution is -0.149. The molecule has 1 amide bonds. The van der Waals surface area contributed by atoms with Gasteiger partial charge in [-0.1, -0.05) is 60.3 Å². The van der Waals surface area contributed by atoms with Gasteiger partial charge in [0.25, 0.3) is 0 Å². The first-order valence-electron chi connectivity index (χ1n) is 20.5. The maximum Gasteiger partial charge on any atom is 0.416 e. The van der Waals surface area contributed by atoms with Gasteiger partial charge in [-0.15, -0.1) is 0 Å². The molecule has 0 radical (unpaired) electrons. The number of hydrogen-bond acceptors (Lipinski definition) is 6. The lowest BCUT2D eigenvalue weighted by atomic mass is 9.63. The van der Waals surface area contributed by atoms with Gasteiger partial charge in [-0.25, -0.2) is 0 Å². The van der Waals surface area contributed by atoms with E-state index in [1.807, 2.05) is 41.3 Å². The van der Waals surface area contributed by atoms with Crippen LogP contribution in [0.4, 0.5) is 26.3 Å². The number of amides is 1. The van der Waals surface area contributed by atoms with Crippen molar-refractivity contribution in [3.05, 3.63) is 129 Å². The summed E-state index contributed by atoms with van der Waals surface area (Å²) in [6, 6.07) is 25.0. The van der Waals surface area contributed by atoms with E-state index in [0.29, 0.717) is 49.4 Å². The Labute approximate surface area is 361 Å². The molecule has 7 nitrogen and oxygen atoms in total. The Bertz CT molecular complexity index is 2040. The van der Waals surface area contributed by atoms with E-state index in [9.17, 15) is 31.1 Å². The van der Waals surface area contributed by atoms with Crippen LogP contribution in [0, 0.1) is 0 Å². The predicted molar refractivity (Wildman–Crippen MR) is 220 cm³/mol. The van der Waals surface area contributed by atoms with Crippen molar-refractivity contribution in [1.29, 1.82) is 0 Å². The van der Waals surface area contributed by atoms with E-state index >= 15 is 0 Å². The van der Waals surface area contributed by atoms with Crippen LogP contribution >= 0.6 is 23.2 Å². The zero-order valence-electron chi connectivity index (χ0n) is 33.5. The van der Waals surface area contributed by atoms with Gasteiger partial charge in [-0.05, 0) is 110 Å². The average molecular weight is 894 g/mol. The number of carbonyl (C=O) groups is 1. The number of carbonyl (C=O) groups excluding carboxylic acids is 1. The molecule has 0 bridgehead atoms. The molecule has 8 rings (SSSR count). The first-order chi connectivity index (χ1) is 29.1. The normalized spacial score (nSPS) is 21.3. The van der Waals surface area contributed by atoms with Crippen molar-refractivity contribution in [1.82, 2.24) is 9.80 Å². The van der Waals surface area contributed by atoms with Crippen molar-refractivity contribution in [3.63, 3.8) is 0 Å². The molecule has 328 valence electrons. The Morgan fingerprint density at radius 1 is 0.623 bits per heavy atom. The van der Waals surface area contributed by atoms with E-state index in [1.165, 1.54) is 49.1 Å². The van der Waals surface area contributed by atoms with Crippen molar-refractivity contribution in [2.45, 2.75) is 73.9 Å². The van der Waals surface area contributed by atoms with Gasteiger partial charge in [-0.2, -0.15) is 26.3 Å².